The number of aryl methyl sites for hydroxylation is 1. The first kappa shape index (κ1) is 12.9. The molecule has 0 radical (unpaired) electrons. The molecule has 0 aromatic heterocycles. The van der Waals surface area contributed by atoms with Gasteiger partial charge in [-0.15, -0.1) is 0 Å². The molecular formula is C14H21BrN2. The van der Waals surface area contributed by atoms with Gasteiger partial charge in [0, 0.05) is 29.3 Å². The highest BCUT2D eigenvalue weighted by Crippen LogP contribution is 2.26. The van der Waals surface area contributed by atoms with Crippen molar-refractivity contribution in [3.8, 4) is 0 Å². The third kappa shape index (κ3) is 3.46. The fraction of sp³-hybridized carbons (Fsp3) is 0.571. The van der Waals surface area contributed by atoms with Crippen LogP contribution in [0.3, 0.4) is 0 Å². The lowest BCUT2D eigenvalue weighted by molar-refractivity contribution is 0.229. The van der Waals surface area contributed by atoms with E-state index in [4.69, 9.17) is 0 Å². The predicted octanol–water partition coefficient (Wildman–Crippen LogP) is 3.65. The van der Waals surface area contributed by atoms with E-state index in [1.54, 1.807) is 0 Å². The smallest absolute Gasteiger partial charge is 0.0489 e. The fourth-order valence-electron chi connectivity index (χ4n) is 2.36. The molecule has 1 fully saturated rings. The fourth-order valence-corrected chi connectivity index (χ4v) is 2.72. The van der Waals surface area contributed by atoms with Gasteiger partial charge in [0.1, 0.15) is 0 Å². The average molecular weight is 297 g/mol. The lowest BCUT2D eigenvalue weighted by Crippen LogP contribution is -2.38. The third-order valence-electron chi connectivity index (χ3n) is 3.52. The average Bonchev–Trinajstić information content (AvgIpc) is 2.35. The summed E-state index contributed by atoms with van der Waals surface area (Å²) in [4.78, 5) is 2.52. The predicted molar refractivity (Wildman–Crippen MR) is 77.6 cm³/mol. The standard InChI is InChI=1S/C14H21BrN2/c1-3-17-8-6-12(7-9-17)16-14-10-11(2)4-5-13(14)15/h4-5,10,12,16H,3,6-9H2,1-2H3. The van der Waals surface area contributed by atoms with Crippen LogP contribution in [0.25, 0.3) is 0 Å². The van der Waals surface area contributed by atoms with Crippen molar-refractivity contribution in [1.82, 2.24) is 4.90 Å². The van der Waals surface area contributed by atoms with Crippen molar-refractivity contribution in [2.75, 3.05) is 25.0 Å². The molecule has 1 N–H and O–H groups in total. The molecule has 1 saturated heterocycles. The SMILES string of the molecule is CCN1CCC(Nc2cc(C)ccc2Br)CC1. The van der Waals surface area contributed by atoms with Gasteiger partial charge in [0.15, 0.2) is 0 Å². The number of hydrogen-bond donors (Lipinski definition) is 1. The van der Waals surface area contributed by atoms with Crippen molar-refractivity contribution in [2.45, 2.75) is 32.7 Å². The Bertz CT molecular complexity index is 370. The number of hydrogen-bond acceptors (Lipinski definition) is 2. The molecule has 0 atom stereocenters. The van der Waals surface area contributed by atoms with Crippen molar-refractivity contribution >= 4 is 21.6 Å². The maximum absolute atomic E-state index is 3.66. The summed E-state index contributed by atoms with van der Waals surface area (Å²) in [5.41, 5.74) is 2.54. The van der Waals surface area contributed by atoms with Crippen molar-refractivity contribution < 1.29 is 0 Å². The Morgan fingerprint density at radius 1 is 1.35 bits per heavy atom. The van der Waals surface area contributed by atoms with Crippen LogP contribution < -0.4 is 5.32 Å². The minimum atomic E-state index is 0.621. The van der Waals surface area contributed by atoms with E-state index in [0.717, 1.165) is 0 Å². The quantitative estimate of drug-likeness (QED) is 0.916. The molecule has 3 heteroatoms. The normalized spacial score (nSPS) is 18.3. The van der Waals surface area contributed by atoms with Crippen LogP contribution in [-0.4, -0.2) is 30.6 Å². The van der Waals surface area contributed by atoms with E-state index in [1.807, 2.05) is 0 Å². The van der Waals surface area contributed by atoms with Gasteiger partial charge in [0.2, 0.25) is 0 Å². The molecule has 0 aliphatic carbocycles. The van der Waals surface area contributed by atoms with Crippen molar-refractivity contribution in [3.63, 3.8) is 0 Å². The summed E-state index contributed by atoms with van der Waals surface area (Å²) in [5, 5.41) is 3.66. The topological polar surface area (TPSA) is 15.3 Å². The van der Waals surface area contributed by atoms with Crippen LogP contribution in [0.2, 0.25) is 0 Å². The van der Waals surface area contributed by atoms with Gasteiger partial charge in [0.05, 0.1) is 0 Å². The molecule has 0 unspecified atom stereocenters. The van der Waals surface area contributed by atoms with Gasteiger partial charge in [-0.2, -0.15) is 0 Å². The number of piperidine rings is 1. The van der Waals surface area contributed by atoms with E-state index in [0.29, 0.717) is 6.04 Å². The second-order valence-electron chi connectivity index (χ2n) is 4.84. The summed E-state index contributed by atoms with van der Waals surface area (Å²) >= 11 is 3.61. The highest BCUT2D eigenvalue weighted by Gasteiger charge is 2.18. The van der Waals surface area contributed by atoms with E-state index in [9.17, 15) is 0 Å². The molecule has 1 aromatic carbocycles. The summed E-state index contributed by atoms with van der Waals surface area (Å²) in [6.07, 6.45) is 2.49. The van der Waals surface area contributed by atoms with Gasteiger partial charge >= 0.3 is 0 Å². The highest BCUT2D eigenvalue weighted by molar-refractivity contribution is 9.10. The minimum Gasteiger partial charge on any atom is -0.381 e. The molecule has 2 rings (SSSR count). The summed E-state index contributed by atoms with van der Waals surface area (Å²) < 4.78 is 1.17. The van der Waals surface area contributed by atoms with Crippen molar-refractivity contribution in [1.29, 1.82) is 0 Å². The molecule has 1 aliphatic rings. The lowest BCUT2D eigenvalue weighted by atomic mass is 10.0. The molecule has 1 aromatic rings. The first-order chi connectivity index (χ1) is 8.19. The summed E-state index contributed by atoms with van der Waals surface area (Å²) in [6, 6.07) is 7.10. The van der Waals surface area contributed by atoms with Crippen LogP contribution in [0, 0.1) is 6.92 Å². The number of nitrogens with one attached hydrogen (secondary N) is 1. The van der Waals surface area contributed by atoms with Crippen LogP contribution in [0.4, 0.5) is 5.69 Å². The van der Waals surface area contributed by atoms with E-state index in [2.05, 4.69) is 58.2 Å². The maximum atomic E-state index is 3.66. The Labute approximate surface area is 113 Å². The van der Waals surface area contributed by atoms with Crippen molar-refractivity contribution in [3.05, 3.63) is 28.2 Å². The molecule has 94 valence electrons. The number of benzene rings is 1. The number of anilines is 1. The Morgan fingerprint density at radius 3 is 2.71 bits per heavy atom. The van der Waals surface area contributed by atoms with E-state index in [1.165, 1.54) is 48.2 Å². The zero-order valence-electron chi connectivity index (χ0n) is 10.7. The summed E-state index contributed by atoms with van der Waals surface area (Å²) in [5.74, 6) is 0. The van der Waals surface area contributed by atoms with E-state index < -0.39 is 0 Å². The number of rotatable bonds is 3. The maximum Gasteiger partial charge on any atom is 0.0489 e. The third-order valence-corrected chi connectivity index (χ3v) is 4.21. The highest BCUT2D eigenvalue weighted by atomic mass is 79.9. The van der Waals surface area contributed by atoms with Gasteiger partial charge in [0.25, 0.3) is 0 Å². The largest absolute Gasteiger partial charge is 0.381 e. The Balaban J connectivity index is 1.95. The van der Waals surface area contributed by atoms with Gasteiger partial charge in [-0.25, -0.2) is 0 Å². The molecule has 1 aliphatic heterocycles. The second-order valence-corrected chi connectivity index (χ2v) is 5.69. The number of nitrogens with zero attached hydrogens (tertiary/aromatic N) is 1. The van der Waals surface area contributed by atoms with Crippen molar-refractivity contribution in [2.24, 2.45) is 0 Å². The van der Waals surface area contributed by atoms with Gasteiger partial charge in [-0.3, -0.25) is 0 Å². The molecule has 17 heavy (non-hydrogen) atoms. The number of likely N-dealkylation sites (tertiary alicyclic amines) is 1. The monoisotopic (exact) mass is 296 g/mol. The van der Waals surface area contributed by atoms with Crippen LogP contribution in [0.15, 0.2) is 22.7 Å². The molecule has 0 saturated carbocycles. The molecule has 2 nitrogen and oxygen atoms in total. The van der Waals surface area contributed by atoms with Gasteiger partial charge in [-0.1, -0.05) is 13.0 Å². The second kappa shape index (κ2) is 5.87. The molecule has 0 bridgehead atoms. The zero-order chi connectivity index (χ0) is 12.3. The zero-order valence-corrected chi connectivity index (χ0v) is 12.3. The number of halogens is 1. The van der Waals surface area contributed by atoms with Crippen LogP contribution >= 0.6 is 15.9 Å². The van der Waals surface area contributed by atoms with Crippen LogP contribution in [0.5, 0.6) is 0 Å². The first-order valence-corrected chi connectivity index (χ1v) is 7.23. The molecule has 1 heterocycles. The minimum absolute atomic E-state index is 0.621. The van der Waals surface area contributed by atoms with E-state index >= 15 is 0 Å². The van der Waals surface area contributed by atoms with Crippen LogP contribution in [-0.2, 0) is 0 Å². The van der Waals surface area contributed by atoms with E-state index in [-0.39, 0.29) is 0 Å². The molecular weight excluding hydrogens is 276 g/mol. The van der Waals surface area contributed by atoms with Gasteiger partial charge in [-0.05, 0) is 59.9 Å². The Kier molecular flexibility index (Phi) is 4.46. The molecule has 0 amide bonds. The molecule has 0 spiro atoms. The Hall–Kier alpha value is -0.540. The lowest BCUT2D eigenvalue weighted by Gasteiger charge is -2.32. The summed E-state index contributed by atoms with van der Waals surface area (Å²) in [7, 11) is 0. The first-order valence-electron chi connectivity index (χ1n) is 6.44. The van der Waals surface area contributed by atoms with Crippen LogP contribution in [0.1, 0.15) is 25.3 Å². The Morgan fingerprint density at radius 2 is 2.06 bits per heavy atom. The van der Waals surface area contributed by atoms with Gasteiger partial charge < -0.3 is 10.2 Å². The summed E-state index contributed by atoms with van der Waals surface area (Å²) in [6.45, 7) is 8.00.